The number of rotatable bonds is 4. The topological polar surface area (TPSA) is 79.5 Å². The van der Waals surface area contributed by atoms with Gasteiger partial charge in [-0.25, -0.2) is 4.99 Å². The molecule has 1 amide bonds. The molecule has 4 N–H and O–H groups in total. The van der Waals surface area contributed by atoms with Crippen molar-refractivity contribution in [2.24, 2.45) is 10.7 Å². The van der Waals surface area contributed by atoms with E-state index in [0.717, 1.165) is 5.69 Å². The molecule has 18 heavy (non-hydrogen) atoms. The molecule has 0 aliphatic carbocycles. The summed E-state index contributed by atoms with van der Waals surface area (Å²) in [5.41, 5.74) is 8.97. The van der Waals surface area contributed by atoms with E-state index in [1.807, 2.05) is 39.0 Å². The number of nitrogens with two attached hydrogens (primary N) is 1. The Morgan fingerprint density at radius 2 is 2.06 bits per heavy atom. The van der Waals surface area contributed by atoms with Gasteiger partial charge in [-0.1, -0.05) is 6.07 Å². The Morgan fingerprint density at radius 3 is 2.67 bits per heavy atom. The summed E-state index contributed by atoms with van der Waals surface area (Å²) < 4.78 is 0. The molecule has 0 unspecified atom stereocenters. The zero-order chi connectivity index (χ0) is 13.5. The zero-order valence-corrected chi connectivity index (χ0v) is 11.1. The second-order valence-electron chi connectivity index (χ2n) is 4.08. The third-order valence-corrected chi connectivity index (χ3v) is 2.55. The normalized spacial score (nSPS) is 11.2. The number of carbonyl (C=O) groups excluding carboxylic acids is 1. The number of anilines is 1. The average molecular weight is 248 g/mol. The molecule has 0 radical (unpaired) electrons. The van der Waals surface area contributed by atoms with Crippen LogP contribution in [0.5, 0.6) is 0 Å². The molecular formula is C13H20N4O. The molecule has 0 saturated carbocycles. The first-order valence-corrected chi connectivity index (χ1v) is 5.93. The maximum atomic E-state index is 11.2. The largest absolute Gasteiger partial charge is 0.370 e. The van der Waals surface area contributed by atoms with Gasteiger partial charge < -0.3 is 16.4 Å². The number of amides is 1. The Morgan fingerprint density at radius 1 is 1.33 bits per heavy atom. The van der Waals surface area contributed by atoms with Crippen molar-refractivity contribution in [1.82, 2.24) is 5.32 Å². The highest BCUT2D eigenvalue weighted by atomic mass is 16.1. The maximum absolute atomic E-state index is 11.2. The van der Waals surface area contributed by atoms with E-state index in [1.165, 1.54) is 11.1 Å². The van der Waals surface area contributed by atoms with Crippen LogP contribution in [-0.2, 0) is 4.79 Å². The minimum Gasteiger partial charge on any atom is -0.370 e. The molecule has 0 bridgehead atoms. The third kappa shape index (κ3) is 4.45. The number of benzene rings is 1. The first kappa shape index (κ1) is 14.0. The smallest absolute Gasteiger partial charge is 0.241 e. The molecule has 0 fully saturated rings. The summed E-state index contributed by atoms with van der Waals surface area (Å²) in [6.45, 7) is 6.57. The zero-order valence-electron chi connectivity index (χ0n) is 11.1. The SMILES string of the molecule is CCNC(=O)CN=C(N)Nc1ccc(C)c(C)c1. The van der Waals surface area contributed by atoms with E-state index in [9.17, 15) is 4.79 Å². The number of carbonyl (C=O) groups is 1. The molecule has 5 nitrogen and oxygen atoms in total. The number of aliphatic imine (C=N–C) groups is 1. The van der Waals surface area contributed by atoms with Gasteiger partial charge in [-0.3, -0.25) is 4.79 Å². The number of likely N-dealkylation sites (N-methyl/N-ethyl adjacent to an activating group) is 1. The summed E-state index contributed by atoms with van der Waals surface area (Å²) in [4.78, 5) is 15.2. The van der Waals surface area contributed by atoms with E-state index < -0.39 is 0 Å². The Bertz CT molecular complexity index is 454. The van der Waals surface area contributed by atoms with Gasteiger partial charge in [-0.05, 0) is 44.0 Å². The molecule has 98 valence electrons. The van der Waals surface area contributed by atoms with Crippen molar-refractivity contribution < 1.29 is 4.79 Å². The minimum absolute atomic E-state index is 0.0392. The van der Waals surface area contributed by atoms with Crippen LogP contribution in [0.3, 0.4) is 0 Å². The van der Waals surface area contributed by atoms with E-state index in [0.29, 0.717) is 6.54 Å². The lowest BCUT2D eigenvalue weighted by Gasteiger charge is -2.08. The van der Waals surface area contributed by atoms with Crippen molar-refractivity contribution >= 4 is 17.6 Å². The van der Waals surface area contributed by atoms with E-state index in [4.69, 9.17) is 5.73 Å². The second kappa shape index (κ2) is 6.64. The highest BCUT2D eigenvalue weighted by Crippen LogP contribution is 2.13. The van der Waals surface area contributed by atoms with E-state index in [2.05, 4.69) is 15.6 Å². The first-order chi connectivity index (χ1) is 8.52. The van der Waals surface area contributed by atoms with Gasteiger partial charge in [-0.2, -0.15) is 0 Å². The number of nitrogens with zero attached hydrogens (tertiary/aromatic N) is 1. The van der Waals surface area contributed by atoms with Gasteiger partial charge in [0.05, 0.1) is 0 Å². The Hall–Kier alpha value is -2.04. The van der Waals surface area contributed by atoms with Gasteiger partial charge in [-0.15, -0.1) is 0 Å². The summed E-state index contributed by atoms with van der Waals surface area (Å²) in [6.07, 6.45) is 0. The molecule has 0 aliphatic rings. The molecule has 1 rings (SSSR count). The lowest BCUT2D eigenvalue weighted by molar-refractivity contribution is -0.119. The number of hydrogen-bond acceptors (Lipinski definition) is 2. The minimum atomic E-state index is -0.137. The third-order valence-electron chi connectivity index (χ3n) is 2.55. The Balaban J connectivity index is 2.58. The molecular weight excluding hydrogens is 228 g/mol. The Labute approximate surface area is 107 Å². The fourth-order valence-corrected chi connectivity index (χ4v) is 1.42. The van der Waals surface area contributed by atoms with Crippen LogP contribution >= 0.6 is 0 Å². The van der Waals surface area contributed by atoms with E-state index in [-0.39, 0.29) is 18.4 Å². The average Bonchev–Trinajstić information content (AvgIpc) is 2.32. The lowest BCUT2D eigenvalue weighted by atomic mass is 10.1. The summed E-state index contributed by atoms with van der Waals surface area (Å²) >= 11 is 0. The van der Waals surface area contributed by atoms with E-state index in [1.54, 1.807) is 0 Å². The van der Waals surface area contributed by atoms with E-state index >= 15 is 0 Å². The van der Waals surface area contributed by atoms with Crippen LogP contribution in [0.15, 0.2) is 23.2 Å². The predicted molar refractivity (Wildman–Crippen MR) is 74.7 cm³/mol. The quantitative estimate of drug-likeness (QED) is 0.552. The lowest BCUT2D eigenvalue weighted by Crippen LogP contribution is -2.28. The molecule has 0 atom stereocenters. The van der Waals surface area contributed by atoms with Crippen LogP contribution in [0.1, 0.15) is 18.1 Å². The van der Waals surface area contributed by atoms with Crippen LogP contribution in [0.2, 0.25) is 0 Å². The van der Waals surface area contributed by atoms with Crippen LogP contribution < -0.4 is 16.4 Å². The fraction of sp³-hybridized carbons (Fsp3) is 0.385. The Kier molecular flexibility index (Phi) is 5.17. The van der Waals surface area contributed by atoms with Crippen molar-refractivity contribution in [1.29, 1.82) is 0 Å². The van der Waals surface area contributed by atoms with Crippen molar-refractivity contribution in [2.75, 3.05) is 18.4 Å². The summed E-state index contributed by atoms with van der Waals surface area (Å²) in [7, 11) is 0. The molecule has 0 saturated heterocycles. The second-order valence-corrected chi connectivity index (χ2v) is 4.08. The summed E-state index contributed by atoms with van der Waals surface area (Å²) in [5.74, 6) is 0.104. The highest BCUT2D eigenvalue weighted by Gasteiger charge is 2.00. The summed E-state index contributed by atoms with van der Waals surface area (Å²) in [5, 5.41) is 5.61. The van der Waals surface area contributed by atoms with Crippen molar-refractivity contribution in [3.05, 3.63) is 29.3 Å². The highest BCUT2D eigenvalue weighted by molar-refractivity contribution is 5.93. The first-order valence-electron chi connectivity index (χ1n) is 5.93. The van der Waals surface area contributed by atoms with Crippen molar-refractivity contribution in [3.8, 4) is 0 Å². The molecule has 0 aliphatic heterocycles. The predicted octanol–water partition coefficient (Wildman–Crippen LogP) is 1.17. The van der Waals surface area contributed by atoms with Crippen LogP contribution in [0.25, 0.3) is 0 Å². The number of hydrogen-bond donors (Lipinski definition) is 3. The number of aryl methyl sites for hydroxylation is 2. The maximum Gasteiger partial charge on any atom is 0.241 e. The van der Waals surface area contributed by atoms with Crippen LogP contribution in [0.4, 0.5) is 5.69 Å². The monoisotopic (exact) mass is 248 g/mol. The standard InChI is InChI=1S/C13H20N4O/c1-4-15-12(18)8-16-13(14)17-11-6-5-9(2)10(3)7-11/h5-7H,4,8H2,1-3H3,(H,15,18)(H3,14,16,17). The molecule has 0 spiro atoms. The van der Waals surface area contributed by atoms with Crippen LogP contribution in [-0.4, -0.2) is 25.0 Å². The number of nitrogens with one attached hydrogen (secondary N) is 2. The van der Waals surface area contributed by atoms with Crippen LogP contribution in [0, 0.1) is 13.8 Å². The van der Waals surface area contributed by atoms with Crippen molar-refractivity contribution in [3.63, 3.8) is 0 Å². The molecule has 5 heteroatoms. The molecule has 0 aromatic heterocycles. The molecule has 1 aromatic carbocycles. The molecule has 0 heterocycles. The molecule has 1 aromatic rings. The van der Waals surface area contributed by atoms with Gasteiger partial charge >= 0.3 is 0 Å². The van der Waals surface area contributed by atoms with Gasteiger partial charge in [0, 0.05) is 12.2 Å². The van der Waals surface area contributed by atoms with Gasteiger partial charge in [0.15, 0.2) is 5.96 Å². The number of guanidine groups is 1. The van der Waals surface area contributed by atoms with Gasteiger partial charge in [0.1, 0.15) is 6.54 Å². The summed E-state index contributed by atoms with van der Waals surface area (Å²) in [6, 6.07) is 5.93. The fourth-order valence-electron chi connectivity index (χ4n) is 1.42. The van der Waals surface area contributed by atoms with Gasteiger partial charge in [0.2, 0.25) is 5.91 Å². The van der Waals surface area contributed by atoms with Crippen molar-refractivity contribution in [2.45, 2.75) is 20.8 Å². The van der Waals surface area contributed by atoms with Gasteiger partial charge in [0.25, 0.3) is 0 Å².